The van der Waals surface area contributed by atoms with Crippen molar-refractivity contribution in [1.82, 2.24) is 10.2 Å². The first kappa shape index (κ1) is 34.3. The SMILES string of the molecule is CCCNC(=O)[C@@H](Cc1ccccc1)N(Cc1c(Cl)cccc1Cl)C(=O)CN(c1cccc(Cl)c1)S(=O)(=O)c1ccc(C)cc1. The Labute approximate surface area is 279 Å². The molecule has 236 valence electrons. The maximum Gasteiger partial charge on any atom is 0.264 e. The largest absolute Gasteiger partial charge is 0.354 e. The average Bonchev–Trinajstić information content (AvgIpc) is 3.02. The van der Waals surface area contributed by atoms with Gasteiger partial charge in [0.15, 0.2) is 0 Å². The molecule has 0 fully saturated rings. The molecule has 2 amide bonds. The molecule has 7 nitrogen and oxygen atoms in total. The Morgan fingerprint density at radius 3 is 2.11 bits per heavy atom. The summed E-state index contributed by atoms with van der Waals surface area (Å²) in [6.07, 6.45) is 0.859. The second kappa shape index (κ2) is 15.6. The highest BCUT2D eigenvalue weighted by Crippen LogP contribution is 2.30. The van der Waals surface area contributed by atoms with E-state index in [0.29, 0.717) is 33.6 Å². The van der Waals surface area contributed by atoms with E-state index in [1.807, 2.05) is 44.2 Å². The lowest BCUT2D eigenvalue weighted by Gasteiger charge is -2.34. The summed E-state index contributed by atoms with van der Waals surface area (Å²) >= 11 is 19.4. The van der Waals surface area contributed by atoms with Crippen molar-refractivity contribution in [2.24, 2.45) is 0 Å². The van der Waals surface area contributed by atoms with Crippen LogP contribution in [0.3, 0.4) is 0 Å². The van der Waals surface area contributed by atoms with Gasteiger partial charge in [-0.25, -0.2) is 8.42 Å². The third-order valence-electron chi connectivity index (χ3n) is 7.19. The van der Waals surface area contributed by atoms with Crippen LogP contribution in [0.25, 0.3) is 0 Å². The fraction of sp³-hybridized carbons (Fsp3) is 0.235. The predicted molar refractivity (Wildman–Crippen MR) is 181 cm³/mol. The molecule has 0 spiro atoms. The Hall–Kier alpha value is -3.56. The second-order valence-electron chi connectivity index (χ2n) is 10.5. The monoisotopic (exact) mass is 685 g/mol. The normalized spacial score (nSPS) is 11.9. The Morgan fingerprint density at radius 2 is 1.49 bits per heavy atom. The zero-order chi connectivity index (χ0) is 32.6. The number of sulfonamides is 1. The van der Waals surface area contributed by atoms with E-state index in [-0.39, 0.29) is 29.5 Å². The smallest absolute Gasteiger partial charge is 0.264 e. The van der Waals surface area contributed by atoms with E-state index < -0.39 is 28.5 Å². The summed E-state index contributed by atoms with van der Waals surface area (Å²) in [5.41, 5.74) is 2.33. The minimum absolute atomic E-state index is 0.00287. The van der Waals surface area contributed by atoms with Crippen LogP contribution >= 0.6 is 34.8 Å². The molecule has 0 heterocycles. The van der Waals surface area contributed by atoms with Gasteiger partial charge >= 0.3 is 0 Å². The minimum Gasteiger partial charge on any atom is -0.354 e. The van der Waals surface area contributed by atoms with Crippen LogP contribution < -0.4 is 9.62 Å². The van der Waals surface area contributed by atoms with Gasteiger partial charge in [0.05, 0.1) is 10.6 Å². The van der Waals surface area contributed by atoms with Crippen LogP contribution in [0.1, 0.15) is 30.0 Å². The van der Waals surface area contributed by atoms with Crippen LogP contribution in [-0.2, 0) is 32.6 Å². The highest BCUT2D eigenvalue weighted by molar-refractivity contribution is 7.92. The molecule has 0 saturated heterocycles. The van der Waals surface area contributed by atoms with E-state index >= 15 is 0 Å². The highest BCUT2D eigenvalue weighted by Gasteiger charge is 2.35. The molecule has 0 bridgehead atoms. The molecule has 0 radical (unpaired) electrons. The summed E-state index contributed by atoms with van der Waals surface area (Å²) in [5, 5.41) is 3.83. The van der Waals surface area contributed by atoms with Crippen molar-refractivity contribution in [1.29, 1.82) is 0 Å². The summed E-state index contributed by atoms with van der Waals surface area (Å²) in [5.74, 6) is -1.01. The lowest BCUT2D eigenvalue weighted by molar-refractivity contribution is -0.140. The number of anilines is 1. The molecule has 45 heavy (non-hydrogen) atoms. The Balaban J connectivity index is 1.83. The lowest BCUT2D eigenvalue weighted by Crippen LogP contribution is -2.53. The number of amides is 2. The van der Waals surface area contributed by atoms with Gasteiger partial charge in [-0.2, -0.15) is 0 Å². The number of hydrogen-bond donors (Lipinski definition) is 1. The van der Waals surface area contributed by atoms with Crippen LogP contribution in [0, 0.1) is 6.92 Å². The number of nitrogens with one attached hydrogen (secondary N) is 1. The van der Waals surface area contributed by atoms with Crippen molar-refractivity contribution in [3.05, 3.63) is 129 Å². The fourth-order valence-electron chi connectivity index (χ4n) is 4.77. The van der Waals surface area contributed by atoms with Gasteiger partial charge < -0.3 is 10.2 Å². The van der Waals surface area contributed by atoms with Gasteiger partial charge in [0, 0.05) is 40.1 Å². The molecular weight excluding hydrogens is 653 g/mol. The van der Waals surface area contributed by atoms with Gasteiger partial charge in [-0.05, 0) is 61.4 Å². The van der Waals surface area contributed by atoms with Gasteiger partial charge in [-0.3, -0.25) is 13.9 Å². The predicted octanol–water partition coefficient (Wildman–Crippen LogP) is 7.32. The van der Waals surface area contributed by atoms with Crippen LogP contribution in [-0.4, -0.2) is 44.3 Å². The number of carbonyl (C=O) groups is 2. The lowest BCUT2D eigenvalue weighted by atomic mass is 10.0. The molecule has 0 aromatic heterocycles. The Morgan fingerprint density at radius 1 is 0.844 bits per heavy atom. The number of aryl methyl sites for hydroxylation is 1. The third-order valence-corrected chi connectivity index (χ3v) is 9.93. The fourth-order valence-corrected chi connectivity index (χ4v) is 6.88. The number of nitrogens with zero attached hydrogens (tertiary/aromatic N) is 2. The third kappa shape index (κ3) is 8.79. The van der Waals surface area contributed by atoms with Crippen molar-refractivity contribution >= 4 is 62.3 Å². The van der Waals surface area contributed by atoms with E-state index in [4.69, 9.17) is 34.8 Å². The summed E-state index contributed by atoms with van der Waals surface area (Å²) < 4.78 is 29.2. The van der Waals surface area contributed by atoms with E-state index in [2.05, 4.69) is 5.32 Å². The molecular formula is C34H34Cl3N3O4S. The molecule has 4 aromatic rings. The van der Waals surface area contributed by atoms with Crippen molar-refractivity contribution in [2.45, 2.75) is 44.2 Å². The Bertz CT molecular complexity index is 1720. The molecule has 0 unspecified atom stereocenters. The van der Waals surface area contributed by atoms with E-state index in [1.54, 1.807) is 48.5 Å². The highest BCUT2D eigenvalue weighted by atomic mass is 35.5. The molecule has 4 rings (SSSR count). The second-order valence-corrected chi connectivity index (χ2v) is 13.6. The van der Waals surface area contributed by atoms with Crippen molar-refractivity contribution in [3.63, 3.8) is 0 Å². The van der Waals surface area contributed by atoms with Crippen molar-refractivity contribution in [2.75, 3.05) is 17.4 Å². The zero-order valence-electron chi connectivity index (χ0n) is 24.9. The Kier molecular flexibility index (Phi) is 11.9. The maximum absolute atomic E-state index is 14.5. The standard InChI is InChI=1S/C34H34Cl3N3O4S/c1-3-19-38-34(42)32(20-25-9-5-4-6-10-25)39(22-29-30(36)13-8-14-31(29)37)33(41)23-40(27-12-7-11-26(35)21-27)45(43,44)28-17-15-24(2)16-18-28/h4-18,21,32H,3,19-20,22-23H2,1-2H3,(H,38,42)/t32-/m1/s1. The van der Waals surface area contributed by atoms with E-state index in [1.165, 1.54) is 23.1 Å². The van der Waals surface area contributed by atoms with Crippen LogP contribution in [0.4, 0.5) is 5.69 Å². The molecule has 0 aliphatic rings. The average molecular weight is 687 g/mol. The quantitative estimate of drug-likeness (QED) is 0.160. The van der Waals surface area contributed by atoms with Gasteiger partial charge in [-0.15, -0.1) is 0 Å². The number of halogens is 3. The van der Waals surface area contributed by atoms with Gasteiger partial charge in [0.1, 0.15) is 12.6 Å². The van der Waals surface area contributed by atoms with Gasteiger partial charge in [0.25, 0.3) is 10.0 Å². The number of rotatable bonds is 13. The molecule has 0 aliphatic carbocycles. The van der Waals surface area contributed by atoms with Gasteiger partial charge in [0.2, 0.25) is 11.8 Å². The number of hydrogen-bond acceptors (Lipinski definition) is 4. The van der Waals surface area contributed by atoms with Crippen molar-refractivity contribution < 1.29 is 18.0 Å². The summed E-state index contributed by atoms with van der Waals surface area (Å²) in [7, 11) is -4.25. The topological polar surface area (TPSA) is 86.8 Å². The molecule has 0 aliphatic heterocycles. The first-order valence-electron chi connectivity index (χ1n) is 14.4. The molecule has 1 atom stereocenters. The van der Waals surface area contributed by atoms with Crippen LogP contribution in [0.2, 0.25) is 15.1 Å². The van der Waals surface area contributed by atoms with E-state index in [0.717, 1.165) is 15.4 Å². The summed E-state index contributed by atoms with van der Waals surface area (Å²) in [6, 6.07) is 25.9. The molecule has 4 aromatic carbocycles. The zero-order valence-corrected chi connectivity index (χ0v) is 28.0. The molecule has 11 heteroatoms. The number of carbonyl (C=O) groups excluding carboxylic acids is 2. The van der Waals surface area contributed by atoms with Crippen molar-refractivity contribution in [3.8, 4) is 0 Å². The first-order valence-corrected chi connectivity index (χ1v) is 17.0. The summed E-state index contributed by atoms with van der Waals surface area (Å²) in [6.45, 7) is 3.42. The first-order chi connectivity index (χ1) is 21.5. The van der Waals surface area contributed by atoms with Crippen LogP contribution in [0.5, 0.6) is 0 Å². The van der Waals surface area contributed by atoms with E-state index in [9.17, 15) is 18.0 Å². The summed E-state index contributed by atoms with van der Waals surface area (Å²) in [4.78, 5) is 29.6. The molecule has 1 N–H and O–H groups in total. The minimum atomic E-state index is -4.25. The maximum atomic E-state index is 14.5. The van der Waals surface area contributed by atoms with Crippen LogP contribution in [0.15, 0.2) is 102 Å². The van der Waals surface area contributed by atoms with Gasteiger partial charge in [-0.1, -0.05) is 102 Å². The molecule has 0 saturated carbocycles. The number of benzene rings is 4.